The molecule has 78 valence electrons. The molecule has 0 amide bonds. The molecule has 0 N–H and O–H groups in total. The van der Waals surface area contributed by atoms with Crippen LogP contribution in [0.15, 0.2) is 11.6 Å². The number of allylic oxidation sites excluding steroid dienone is 2. The number of epoxide rings is 1. The van der Waals surface area contributed by atoms with Crippen molar-refractivity contribution in [3.63, 3.8) is 0 Å². The maximum atomic E-state index is 11.5. The van der Waals surface area contributed by atoms with Crippen LogP contribution in [0.1, 0.15) is 46.0 Å². The van der Waals surface area contributed by atoms with Crippen LogP contribution in [0, 0.1) is 0 Å². The van der Waals surface area contributed by atoms with Gasteiger partial charge in [0, 0.05) is 6.42 Å². The van der Waals surface area contributed by atoms with Crippen LogP contribution in [0.4, 0.5) is 0 Å². The first-order valence-electron chi connectivity index (χ1n) is 5.49. The van der Waals surface area contributed by atoms with Crippen molar-refractivity contribution in [3.8, 4) is 0 Å². The van der Waals surface area contributed by atoms with Gasteiger partial charge in [-0.05, 0) is 45.1 Å². The van der Waals surface area contributed by atoms with Crippen molar-refractivity contribution in [1.82, 2.24) is 0 Å². The van der Waals surface area contributed by atoms with E-state index in [0.717, 1.165) is 31.3 Å². The van der Waals surface area contributed by atoms with E-state index >= 15 is 0 Å². The second kappa shape index (κ2) is 3.50. The zero-order valence-corrected chi connectivity index (χ0v) is 9.01. The van der Waals surface area contributed by atoms with Gasteiger partial charge in [-0.15, -0.1) is 0 Å². The number of Topliss-reactive ketones (excluding diaryl/α,β-unsaturated/α-hetero) is 1. The predicted molar refractivity (Wildman–Crippen MR) is 55.1 cm³/mol. The first-order valence-corrected chi connectivity index (χ1v) is 5.49. The zero-order chi connectivity index (χ0) is 10.2. The Morgan fingerprint density at radius 1 is 1.57 bits per heavy atom. The Kier molecular flexibility index (Phi) is 2.48. The van der Waals surface area contributed by atoms with Gasteiger partial charge in [0.15, 0.2) is 5.78 Å². The van der Waals surface area contributed by atoms with Gasteiger partial charge in [0.25, 0.3) is 0 Å². The number of carbonyl (C=O) groups excluding carboxylic acids is 1. The Hall–Kier alpha value is -0.630. The van der Waals surface area contributed by atoms with Gasteiger partial charge in [-0.25, -0.2) is 0 Å². The molecule has 0 bridgehead atoms. The molecule has 1 aliphatic carbocycles. The summed E-state index contributed by atoms with van der Waals surface area (Å²) in [6, 6.07) is 0. The molecule has 0 spiro atoms. The molecule has 0 aromatic rings. The molecule has 2 heteroatoms. The SMILES string of the molecule is CC1=CCCC2(C)OC2CCCC1=O. The van der Waals surface area contributed by atoms with E-state index < -0.39 is 0 Å². The summed E-state index contributed by atoms with van der Waals surface area (Å²) < 4.78 is 5.67. The van der Waals surface area contributed by atoms with Crippen molar-refractivity contribution in [1.29, 1.82) is 0 Å². The van der Waals surface area contributed by atoms with Gasteiger partial charge in [-0.1, -0.05) is 6.08 Å². The number of ether oxygens (including phenoxy) is 1. The molecule has 1 saturated heterocycles. The molecule has 2 rings (SSSR count). The highest BCUT2D eigenvalue weighted by Gasteiger charge is 2.50. The van der Waals surface area contributed by atoms with E-state index in [0.29, 0.717) is 18.3 Å². The van der Waals surface area contributed by atoms with Gasteiger partial charge in [0.2, 0.25) is 0 Å². The first kappa shape index (κ1) is 9.91. The summed E-state index contributed by atoms with van der Waals surface area (Å²) >= 11 is 0. The Bertz CT molecular complexity index is 280. The monoisotopic (exact) mass is 194 g/mol. The average molecular weight is 194 g/mol. The molecule has 0 aromatic carbocycles. The van der Waals surface area contributed by atoms with Crippen molar-refractivity contribution in [2.75, 3.05) is 0 Å². The molecule has 0 saturated carbocycles. The Balaban J connectivity index is 2.03. The third kappa shape index (κ3) is 1.90. The van der Waals surface area contributed by atoms with Crippen LogP contribution < -0.4 is 0 Å². The number of carbonyl (C=O) groups is 1. The normalized spacial score (nSPS) is 38.6. The molecular weight excluding hydrogens is 176 g/mol. The lowest BCUT2D eigenvalue weighted by Gasteiger charge is -2.07. The molecule has 2 nitrogen and oxygen atoms in total. The fourth-order valence-electron chi connectivity index (χ4n) is 2.21. The summed E-state index contributed by atoms with van der Waals surface area (Å²) in [6.45, 7) is 4.11. The minimum Gasteiger partial charge on any atom is -0.366 e. The van der Waals surface area contributed by atoms with Crippen LogP contribution in [-0.2, 0) is 9.53 Å². The van der Waals surface area contributed by atoms with Gasteiger partial charge >= 0.3 is 0 Å². The van der Waals surface area contributed by atoms with Crippen LogP contribution in [0.25, 0.3) is 0 Å². The molecule has 1 aliphatic heterocycles. The van der Waals surface area contributed by atoms with Gasteiger partial charge in [-0.2, -0.15) is 0 Å². The highest BCUT2D eigenvalue weighted by atomic mass is 16.6. The smallest absolute Gasteiger partial charge is 0.158 e. The number of ketones is 1. The average Bonchev–Trinajstić information content (AvgIpc) is 2.76. The summed E-state index contributed by atoms with van der Waals surface area (Å²) in [7, 11) is 0. The molecule has 2 aliphatic rings. The Labute approximate surface area is 85.3 Å². The quantitative estimate of drug-likeness (QED) is 0.555. The number of rotatable bonds is 0. The minimum atomic E-state index is 0.122. The van der Waals surface area contributed by atoms with E-state index in [9.17, 15) is 4.79 Å². The van der Waals surface area contributed by atoms with Crippen LogP contribution in [0.3, 0.4) is 0 Å². The second-order valence-electron chi connectivity index (χ2n) is 4.66. The summed E-state index contributed by atoms with van der Waals surface area (Å²) in [5, 5.41) is 0. The maximum absolute atomic E-state index is 11.5. The predicted octanol–water partition coefficient (Wildman–Crippen LogP) is 2.62. The summed E-state index contributed by atoms with van der Waals surface area (Å²) in [6.07, 6.45) is 7.24. The van der Waals surface area contributed by atoms with Crippen LogP contribution in [0.2, 0.25) is 0 Å². The maximum Gasteiger partial charge on any atom is 0.158 e. The van der Waals surface area contributed by atoms with Crippen molar-refractivity contribution in [3.05, 3.63) is 11.6 Å². The lowest BCUT2D eigenvalue weighted by Crippen LogP contribution is -2.11. The summed E-state index contributed by atoms with van der Waals surface area (Å²) in [5.74, 6) is 0.314. The molecule has 0 aromatic heterocycles. The van der Waals surface area contributed by atoms with Crippen LogP contribution in [0.5, 0.6) is 0 Å². The summed E-state index contributed by atoms with van der Waals surface area (Å²) in [5.41, 5.74) is 1.06. The fourth-order valence-corrected chi connectivity index (χ4v) is 2.21. The summed E-state index contributed by atoms with van der Waals surface area (Å²) in [4.78, 5) is 11.5. The van der Waals surface area contributed by atoms with Crippen molar-refractivity contribution < 1.29 is 9.53 Å². The molecule has 1 heterocycles. The van der Waals surface area contributed by atoms with Gasteiger partial charge < -0.3 is 4.74 Å². The van der Waals surface area contributed by atoms with Crippen LogP contribution in [-0.4, -0.2) is 17.5 Å². The van der Waals surface area contributed by atoms with Crippen molar-refractivity contribution in [2.24, 2.45) is 0 Å². The molecule has 2 unspecified atom stereocenters. The first-order chi connectivity index (χ1) is 6.62. The van der Waals surface area contributed by atoms with E-state index in [1.165, 1.54) is 0 Å². The lowest BCUT2D eigenvalue weighted by atomic mass is 9.94. The van der Waals surface area contributed by atoms with Crippen molar-refractivity contribution in [2.45, 2.75) is 57.7 Å². The molecule has 0 radical (unpaired) electrons. The van der Waals surface area contributed by atoms with E-state index in [-0.39, 0.29) is 5.60 Å². The minimum absolute atomic E-state index is 0.122. The third-order valence-electron chi connectivity index (χ3n) is 3.44. The van der Waals surface area contributed by atoms with Gasteiger partial charge in [-0.3, -0.25) is 4.79 Å². The highest BCUT2D eigenvalue weighted by Crippen LogP contribution is 2.43. The fraction of sp³-hybridized carbons (Fsp3) is 0.750. The number of hydrogen-bond donors (Lipinski definition) is 0. The third-order valence-corrected chi connectivity index (χ3v) is 3.44. The lowest BCUT2D eigenvalue weighted by molar-refractivity contribution is -0.115. The molecule has 14 heavy (non-hydrogen) atoms. The standard InChI is InChI=1S/C12H18O2/c1-9-5-4-8-12(2)11(14-12)7-3-6-10(9)13/h5,11H,3-4,6-8H2,1-2H3. The zero-order valence-electron chi connectivity index (χ0n) is 9.01. The Morgan fingerprint density at radius 3 is 3.14 bits per heavy atom. The molecule has 2 atom stereocenters. The Morgan fingerprint density at radius 2 is 2.36 bits per heavy atom. The largest absolute Gasteiger partial charge is 0.366 e. The van der Waals surface area contributed by atoms with Gasteiger partial charge in [0.05, 0.1) is 11.7 Å². The molecular formula is C12H18O2. The number of fused-ring (bicyclic) bond motifs is 1. The molecule has 1 fully saturated rings. The number of hydrogen-bond acceptors (Lipinski definition) is 2. The second-order valence-corrected chi connectivity index (χ2v) is 4.66. The van der Waals surface area contributed by atoms with E-state index in [1.807, 2.05) is 6.92 Å². The topological polar surface area (TPSA) is 29.6 Å². The van der Waals surface area contributed by atoms with E-state index in [2.05, 4.69) is 13.0 Å². The van der Waals surface area contributed by atoms with Crippen LogP contribution >= 0.6 is 0 Å². The van der Waals surface area contributed by atoms with Gasteiger partial charge in [0.1, 0.15) is 0 Å². The van der Waals surface area contributed by atoms with Crippen molar-refractivity contribution >= 4 is 5.78 Å². The highest BCUT2D eigenvalue weighted by molar-refractivity contribution is 5.94. The van der Waals surface area contributed by atoms with E-state index in [1.54, 1.807) is 0 Å². The van der Waals surface area contributed by atoms with E-state index in [4.69, 9.17) is 4.74 Å².